The summed E-state index contributed by atoms with van der Waals surface area (Å²) in [5.41, 5.74) is 1.97. The van der Waals surface area contributed by atoms with Crippen molar-refractivity contribution in [3.63, 3.8) is 0 Å². The number of hydrogen-bond acceptors (Lipinski definition) is 4. The second-order valence-electron chi connectivity index (χ2n) is 3.76. The average Bonchev–Trinajstić information content (AvgIpc) is 2.35. The minimum absolute atomic E-state index is 0.513. The topological polar surface area (TPSA) is 47.0 Å². The molecule has 0 atom stereocenters. The summed E-state index contributed by atoms with van der Waals surface area (Å²) in [7, 11) is 1.87. The Balaban J connectivity index is 2.11. The minimum Gasteiger partial charge on any atom is -0.437 e. The quantitative estimate of drug-likeness (QED) is 0.873. The molecule has 0 saturated heterocycles. The maximum Gasteiger partial charge on any atom is 0.238 e. The van der Waals surface area contributed by atoms with Gasteiger partial charge in [0.05, 0.1) is 5.69 Å². The molecule has 1 aromatic carbocycles. The van der Waals surface area contributed by atoms with Crippen LogP contribution in [0, 0.1) is 6.92 Å². The molecule has 0 bridgehead atoms. The molecule has 4 nitrogen and oxygen atoms in total. The summed E-state index contributed by atoms with van der Waals surface area (Å²) in [6.07, 6.45) is 0. The Morgan fingerprint density at radius 2 is 1.94 bits per heavy atom. The molecule has 0 saturated carbocycles. The van der Waals surface area contributed by atoms with Gasteiger partial charge in [0.15, 0.2) is 0 Å². The van der Waals surface area contributed by atoms with Gasteiger partial charge in [-0.15, -0.1) is 5.10 Å². The fourth-order valence-corrected chi connectivity index (χ4v) is 1.46. The third-order valence-electron chi connectivity index (χ3n) is 2.36. The molecule has 1 N–H and O–H groups in total. The van der Waals surface area contributed by atoms with Crippen molar-refractivity contribution in [3.8, 4) is 11.6 Å². The Morgan fingerprint density at radius 3 is 2.59 bits per heavy atom. The summed E-state index contributed by atoms with van der Waals surface area (Å²) in [4.78, 5) is 0. The second-order valence-corrected chi connectivity index (χ2v) is 3.76. The monoisotopic (exact) mass is 229 g/mol. The maximum atomic E-state index is 5.65. The molecule has 0 amide bonds. The van der Waals surface area contributed by atoms with Gasteiger partial charge >= 0.3 is 0 Å². The summed E-state index contributed by atoms with van der Waals surface area (Å²) in [5, 5.41) is 11.1. The van der Waals surface area contributed by atoms with Gasteiger partial charge in [0.2, 0.25) is 5.88 Å². The molecule has 0 unspecified atom stereocenters. The van der Waals surface area contributed by atoms with E-state index in [-0.39, 0.29) is 0 Å². The number of nitrogens with zero attached hydrogens (tertiary/aromatic N) is 2. The van der Waals surface area contributed by atoms with Crippen molar-refractivity contribution in [3.05, 3.63) is 47.7 Å². The van der Waals surface area contributed by atoms with Gasteiger partial charge in [-0.25, -0.2) is 0 Å². The zero-order valence-electron chi connectivity index (χ0n) is 9.97. The van der Waals surface area contributed by atoms with Crippen LogP contribution in [0.15, 0.2) is 36.4 Å². The molecular formula is C13H15N3O. The van der Waals surface area contributed by atoms with E-state index in [1.807, 2.05) is 50.4 Å². The summed E-state index contributed by atoms with van der Waals surface area (Å²) in [6.45, 7) is 2.70. The van der Waals surface area contributed by atoms with Gasteiger partial charge in [-0.3, -0.25) is 0 Å². The van der Waals surface area contributed by atoms with Gasteiger partial charge in [-0.05, 0) is 31.7 Å². The first-order chi connectivity index (χ1) is 8.29. The van der Waals surface area contributed by atoms with Crippen LogP contribution in [0.25, 0.3) is 0 Å². The molecule has 2 aromatic rings. The van der Waals surface area contributed by atoms with E-state index >= 15 is 0 Å². The molecule has 0 aliphatic heterocycles. The van der Waals surface area contributed by atoms with E-state index in [9.17, 15) is 0 Å². The number of nitrogens with one attached hydrogen (secondary N) is 1. The fraction of sp³-hybridized carbons (Fsp3) is 0.231. The van der Waals surface area contributed by atoms with Crippen LogP contribution >= 0.6 is 0 Å². The highest BCUT2D eigenvalue weighted by Gasteiger charge is 2.02. The van der Waals surface area contributed by atoms with E-state index in [0.717, 1.165) is 17.0 Å². The first-order valence-corrected chi connectivity index (χ1v) is 5.50. The lowest BCUT2D eigenvalue weighted by molar-refractivity contribution is 0.450. The largest absolute Gasteiger partial charge is 0.437 e. The molecule has 1 aromatic heterocycles. The molecule has 0 aliphatic carbocycles. The molecule has 2 rings (SSSR count). The van der Waals surface area contributed by atoms with Crippen molar-refractivity contribution in [2.24, 2.45) is 0 Å². The van der Waals surface area contributed by atoms with Crippen molar-refractivity contribution >= 4 is 0 Å². The molecule has 4 heteroatoms. The van der Waals surface area contributed by atoms with Gasteiger partial charge in [0.1, 0.15) is 5.75 Å². The van der Waals surface area contributed by atoms with Crippen LogP contribution < -0.4 is 10.1 Å². The van der Waals surface area contributed by atoms with E-state index in [4.69, 9.17) is 4.74 Å². The Kier molecular flexibility index (Phi) is 3.67. The van der Waals surface area contributed by atoms with Crippen LogP contribution in [-0.4, -0.2) is 17.2 Å². The van der Waals surface area contributed by atoms with Gasteiger partial charge in [-0.2, -0.15) is 5.10 Å². The van der Waals surface area contributed by atoms with E-state index < -0.39 is 0 Å². The number of aromatic nitrogens is 2. The lowest BCUT2D eigenvalue weighted by Crippen LogP contribution is -2.07. The SMILES string of the molecule is CNCc1ccc(Oc2ccccc2C)nn1. The van der Waals surface area contributed by atoms with Crippen molar-refractivity contribution in [2.75, 3.05) is 7.05 Å². The van der Waals surface area contributed by atoms with Crippen molar-refractivity contribution in [1.82, 2.24) is 15.5 Å². The van der Waals surface area contributed by atoms with Crippen molar-refractivity contribution in [2.45, 2.75) is 13.5 Å². The number of benzene rings is 1. The Labute approximate surface area is 101 Å². The van der Waals surface area contributed by atoms with Crippen LogP contribution in [0.5, 0.6) is 11.6 Å². The van der Waals surface area contributed by atoms with E-state index in [2.05, 4.69) is 15.5 Å². The van der Waals surface area contributed by atoms with Crippen LogP contribution in [0.3, 0.4) is 0 Å². The highest BCUT2D eigenvalue weighted by Crippen LogP contribution is 2.22. The second kappa shape index (κ2) is 5.41. The predicted molar refractivity (Wildman–Crippen MR) is 66.0 cm³/mol. The van der Waals surface area contributed by atoms with Crippen LogP contribution in [0.2, 0.25) is 0 Å². The van der Waals surface area contributed by atoms with Gasteiger partial charge in [0.25, 0.3) is 0 Å². The van der Waals surface area contributed by atoms with Gasteiger partial charge in [0, 0.05) is 12.6 Å². The molecule has 0 aliphatic rings. The van der Waals surface area contributed by atoms with Crippen LogP contribution in [0.1, 0.15) is 11.3 Å². The first kappa shape index (κ1) is 11.5. The number of para-hydroxylation sites is 1. The number of aryl methyl sites for hydroxylation is 1. The standard InChI is InChI=1S/C13H15N3O/c1-10-5-3-4-6-12(10)17-13-8-7-11(9-14-2)15-16-13/h3-8,14H,9H2,1-2H3. The van der Waals surface area contributed by atoms with Gasteiger partial charge in [-0.1, -0.05) is 18.2 Å². The number of rotatable bonds is 4. The zero-order chi connectivity index (χ0) is 12.1. The molecular weight excluding hydrogens is 214 g/mol. The third kappa shape index (κ3) is 3.01. The molecule has 0 spiro atoms. The third-order valence-corrected chi connectivity index (χ3v) is 2.36. The lowest BCUT2D eigenvalue weighted by Gasteiger charge is -2.07. The molecule has 0 radical (unpaired) electrons. The summed E-state index contributed by atoms with van der Waals surface area (Å²) in [6, 6.07) is 11.6. The van der Waals surface area contributed by atoms with Crippen molar-refractivity contribution in [1.29, 1.82) is 0 Å². The fourth-order valence-electron chi connectivity index (χ4n) is 1.46. The minimum atomic E-state index is 0.513. The summed E-state index contributed by atoms with van der Waals surface area (Å²) < 4.78 is 5.65. The zero-order valence-corrected chi connectivity index (χ0v) is 9.97. The highest BCUT2D eigenvalue weighted by atomic mass is 16.5. The highest BCUT2D eigenvalue weighted by molar-refractivity contribution is 5.34. The first-order valence-electron chi connectivity index (χ1n) is 5.50. The van der Waals surface area contributed by atoms with Crippen LogP contribution in [0.4, 0.5) is 0 Å². The Bertz CT molecular complexity index is 482. The molecule has 1 heterocycles. The molecule has 88 valence electrons. The predicted octanol–water partition coefficient (Wildman–Crippen LogP) is 2.30. The Morgan fingerprint density at radius 1 is 1.12 bits per heavy atom. The molecule has 17 heavy (non-hydrogen) atoms. The number of hydrogen-bond donors (Lipinski definition) is 1. The normalized spacial score (nSPS) is 10.2. The number of ether oxygens (including phenoxy) is 1. The van der Waals surface area contributed by atoms with Crippen LogP contribution in [-0.2, 0) is 6.54 Å². The van der Waals surface area contributed by atoms with Gasteiger partial charge < -0.3 is 10.1 Å². The van der Waals surface area contributed by atoms with E-state index in [1.54, 1.807) is 0 Å². The summed E-state index contributed by atoms with van der Waals surface area (Å²) >= 11 is 0. The molecule has 0 fully saturated rings. The van der Waals surface area contributed by atoms with Crippen molar-refractivity contribution < 1.29 is 4.74 Å². The van der Waals surface area contributed by atoms with E-state index in [0.29, 0.717) is 12.4 Å². The Hall–Kier alpha value is -1.94. The smallest absolute Gasteiger partial charge is 0.238 e. The maximum absolute atomic E-state index is 5.65. The average molecular weight is 229 g/mol. The summed E-state index contributed by atoms with van der Waals surface area (Å²) in [5.74, 6) is 1.32. The lowest BCUT2D eigenvalue weighted by atomic mass is 10.2. The van der Waals surface area contributed by atoms with E-state index in [1.165, 1.54) is 0 Å².